The van der Waals surface area contributed by atoms with Gasteiger partial charge in [-0.2, -0.15) is 0 Å². The van der Waals surface area contributed by atoms with Crippen molar-refractivity contribution >= 4 is 18.1 Å². The van der Waals surface area contributed by atoms with Crippen molar-refractivity contribution in [3.05, 3.63) is 103 Å². The van der Waals surface area contributed by atoms with Gasteiger partial charge in [-0.15, -0.1) is 0 Å². The van der Waals surface area contributed by atoms with E-state index in [2.05, 4.69) is 13.2 Å². The molecular weight excluding hydrogens is 352 g/mol. The fourth-order valence-electron chi connectivity index (χ4n) is 2.39. The Bertz CT molecular complexity index is 939. The van der Waals surface area contributed by atoms with Crippen molar-refractivity contribution in [3.63, 3.8) is 0 Å². The monoisotopic (exact) mass is 372 g/mol. The average Bonchev–Trinajstić information content (AvgIpc) is 2.75. The zero-order valence-electron chi connectivity index (χ0n) is 15.3. The lowest BCUT2D eigenvalue weighted by Gasteiger charge is -2.09. The van der Waals surface area contributed by atoms with Crippen LogP contribution in [-0.2, 0) is 0 Å². The maximum atomic E-state index is 12.2. The van der Waals surface area contributed by atoms with Crippen molar-refractivity contribution in [1.82, 2.24) is 0 Å². The predicted octanol–water partition coefficient (Wildman–Crippen LogP) is 5.61. The normalized spacial score (nSPS) is 10.0. The smallest absolute Gasteiger partial charge is 0.343 e. The number of hydrogen-bond donors (Lipinski definition) is 0. The van der Waals surface area contributed by atoms with E-state index in [1.807, 2.05) is 36.4 Å². The first-order valence-corrected chi connectivity index (χ1v) is 8.71. The first-order chi connectivity index (χ1) is 13.7. The second-order valence-electron chi connectivity index (χ2n) is 5.87. The van der Waals surface area contributed by atoms with Crippen LogP contribution >= 0.6 is 0 Å². The fraction of sp³-hybridized carbons (Fsp3) is 0.0417. The lowest BCUT2D eigenvalue weighted by atomic mass is 10.2. The molecule has 140 valence electrons. The van der Waals surface area contributed by atoms with E-state index in [1.54, 1.807) is 48.6 Å². The van der Waals surface area contributed by atoms with Gasteiger partial charge >= 0.3 is 5.97 Å². The van der Waals surface area contributed by atoms with Crippen LogP contribution in [0.15, 0.2) is 86.0 Å². The van der Waals surface area contributed by atoms with Crippen LogP contribution in [0.2, 0.25) is 0 Å². The molecule has 0 fully saturated rings. The van der Waals surface area contributed by atoms with Gasteiger partial charge < -0.3 is 14.2 Å². The molecule has 3 aromatic carbocycles. The molecule has 0 aromatic heterocycles. The van der Waals surface area contributed by atoms with Gasteiger partial charge in [0.05, 0.1) is 5.56 Å². The highest BCUT2D eigenvalue weighted by atomic mass is 16.7. The maximum Gasteiger partial charge on any atom is 0.343 e. The number of esters is 1. The Hall–Kier alpha value is -3.79. The second kappa shape index (κ2) is 9.24. The van der Waals surface area contributed by atoms with E-state index in [9.17, 15) is 4.79 Å². The molecule has 3 aromatic rings. The Morgan fingerprint density at radius 1 is 0.679 bits per heavy atom. The topological polar surface area (TPSA) is 44.8 Å². The standard InChI is InChI=1S/C24H20O4/c1-3-18-5-11-21(12-6-18)26-17-27-22-15-9-20(10-16-22)24(25)28-23-13-7-19(4-2)8-14-23/h3-16H,1-2,17H2. The van der Waals surface area contributed by atoms with E-state index < -0.39 is 5.97 Å². The van der Waals surface area contributed by atoms with Crippen LogP contribution in [0.5, 0.6) is 17.2 Å². The zero-order chi connectivity index (χ0) is 19.8. The molecule has 0 aliphatic carbocycles. The minimum Gasteiger partial charge on any atom is -0.458 e. The van der Waals surface area contributed by atoms with Crippen molar-refractivity contribution in [2.45, 2.75) is 0 Å². The molecule has 28 heavy (non-hydrogen) atoms. The van der Waals surface area contributed by atoms with Crippen LogP contribution in [-0.4, -0.2) is 12.8 Å². The van der Waals surface area contributed by atoms with Crippen LogP contribution in [0.3, 0.4) is 0 Å². The maximum absolute atomic E-state index is 12.2. The van der Waals surface area contributed by atoms with Crippen LogP contribution in [0.1, 0.15) is 21.5 Å². The summed E-state index contributed by atoms with van der Waals surface area (Å²) in [6, 6.07) is 21.3. The largest absolute Gasteiger partial charge is 0.458 e. The minimum absolute atomic E-state index is 0.0624. The van der Waals surface area contributed by atoms with Gasteiger partial charge in [-0.1, -0.05) is 49.6 Å². The van der Waals surface area contributed by atoms with Gasteiger partial charge in [0.25, 0.3) is 0 Å². The molecule has 0 atom stereocenters. The van der Waals surface area contributed by atoms with Gasteiger partial charge in [-0.05, 0) is 59.7 Å². The summed E-state index contributed by atoms with van der Waals surface area (Å²) in [6.45, 7) is 7.46. The molecule has 0 N–H and O–H groups in total. The Morgan fingerprint density at radius 2 is 1.11 bits per heavy atom. The Labute approximate surface area is 164 Å². The fourth-order valence-corrected chi connectivity index (χ4v) is 2.39. The second-order valence-corrected chi connectivity index (χ2v) is 5.87. The molecule has 0 heterocycles. The van der Waals surface area contributed by atoms with Gasteiger partial charge in [0.15, 0.2) is 0 Å². The first-order valence-electron chi connectivity index (χ1n) is 8.71. The molecule has 3 rings (SSSR count). The van der Waals surface area contributed by atoms with Gasteiger partial charge in [0.1, 0.15) is 17.2 Å². The third-order valence-corrected chi connectivity index (χ3v) is 3.98. The van der Waals surface area contributed by atoms with Crippen molar-refractivity contribution < 1.29 is 19.0 Å². The van der Waals surface area contributed by atoms with Crippen molar-refractivity contribution in [2.24, 2.45) is 0 Å². The molecule has 0 spiro atoms. The van der Waals surface area contributed by atoms with Crippen LogP contribution in [0, 0.1) is 0 Å². The summed E-state index contributed by atoms with van der Waals surface area (Å²) in [4.78, 5) is 12.2. The van der Waals surface area contributed by atoms with Gasteiger partial charge in [0, 0.05) is 0 Å². The summed E-state index contributed by atoms with van der Waals surface area (Å²) in [5.41, 5.74) is 2.41. The lowest BCUT2D eigenvalue weighted by molar-refractivity contribution is 0.0734. The molecule has 0 unspecified atom stereocenters. The first kappa shape index (κ1) is 19.0. The highest BCUT2D eigenvalue weighted by molar-refractivity contribution is 5.91. The number of carbonyl (C=O) groups excluding carboxylic acids is 1. The number of hydrogen-bond acceptors (Lipinski definition) is 4. The molecule has 0 saturated carbocycles. The van der Waals surface area contributed by atoms with Crippen molar-refractivity contribution in [3.8, 4) is 17.2 Å². The number of ether oxygens (including phenoxy) is 3. The molecule has 0 amide bonds. The highest BCUT2D eigenvalue weighted by Crippen LogP contribution is 2.18. The number of carbonyl (C=O) groups is 1. The van der Waals surface area contributed by atoms with E-state index in [0.717, 1.165) is 11.1 Å². The van der Waals surface area contributed by atoms with E-state index in [0.29, 0.717) is 22.8 Å². The predicted molar refractivity (Wildman–Crippen MR) is 111 cm³/mol. The number of benzene rings is 3. The van der Waals surface area contributed by atoms with Crippen molar-refractivity contribution in [2.75, 3.05) is 6.79 Å². The van der Waals surface area contributed by atoms with E-state index in [4.69, 9.17) is 14.2 Å². The van der Waals surface area contributed by atoms with Crippen LogP contribution < -0.4 is 14.2 Å². The Morgan fingerprint density at radius 3 is 1.57 bits per heavy atom. The van der Waals surface area contributed by atoms with Crippen molar-refractivity contribution in [1.29, 1.82) is 0 Å². The quantitative estimate of drug-likeness (QED) is 0.293. The summed E-state index contributed by atoms with van der Waals surface area (Å²) in [6.07, 6.45) is 3.49. The molecular formula is C24H20O4. The van der Waals surface area contributed by atoms with Gasteiger partial charge in [0.2, 0.25) is 6.79 Å². The molecule has 4 heteroatoms. The highest BCUT2D eigenvalue weighted by Gasteiger charge is 2.09. The molecule has 0 aliphatic heterocycles. The third-order valence-electron chi connectivity index (χ3n) is 3.98. The number of rotatable bonds is 8. The summed E-state index contributed by atoms with van der Waals surface area (Å²) < 4.78 is 16.4. The molecule has 4 nitrogen and oxygen atoms in total. The van der Waals surface area contributed by atoms with E-state index >= 15 is 0 Å². The minimum atomic E-state index is -0.434. The van der Waals surface area contributed by atoms with E-state index in [-0.39, 0.29) is 6.79 Å². The summed E-state index contributed by atoms with van der Waals surface area (Å²) in [5, 5.41) is 0. The van der Waals surface area contributed by atoms with Gasteiger partial charge in [-0.25, -0.2) is 4.79 Å². The molecule has 0 bridgehead atoms. The Kier molecular flexibility index (Phi) is 6.26. The molecule has 0 aliphatic rings. The molecule has 0 radical (unpaired) electrons. The zero-order valence-corrected chi connectivity index (χ0v) is 15.3. The van der Waals surface area contributed by atoms with Gasteiger partial charge in [-0.3, -0.25) is 0 Å². The summed E-state index contributed by atoms with van der Waals surface area (Å²) in [7, 11) is 0. The molecule has 0 saturated heterocycles. The lowest BCUT2D eigenvalue weighted by Crippen LogP contribution is -2.09. The van der Waals surface area contributed by atoms with Crippen LogP contribution in [0.25, 0.3) is 12.2 Å². The average molecular weight is 372 g/mol. The summed E-state index contributed by atoms with van der Waals surface area (Å²) in [5.74, 6) is 1.34. The summed E-state index contributed by atoms with van der Waals surface area (Å²) >= 11 is 0. The SMILES string of the molecule is C=Cc1ccc(OCOc2ccc(C(=O)Oc3ccc(C=C)cc3)cc2)cc1. The van der Waals surface area contributed by atoms with Crippen LogP contribution in [0.4, 0.5) is 0 Å². The Balaban J connectivity index is 1.51. The third kappa shape index (κ3) is 5.11. The van der Waals surface area contributed by atoms with E-state index in [1.165, 1.54) is 0 Å².